The molecule has 0 aliphatic carbocycles. The van der Waals surface area contributed by atoms with Crippen molar-refractivity contribution < 1.29 is 43.4 Å². The Hall–Kier alpha value is 0.492. The summed E-state index contributed by atoms with van der Waals surface area (Å²) in [6.07, 6.45) is 0. The summed E-state index contributed by atoms with van der Waals surface area (Å²) < 4.78 is 32.8. The van der Waals surface area contributed by atoms with Gasteiger partial charge in [-0.3, -0.25) is 4.55 Å². The van der Waals surface area contributed by atoms with Crippen molar-refractivity contribution in [3.63, 3.8) is 0 Å². The smallest absolute Gasteiger partial charge is 0.215 e. The van der Waals surface area contributed by atoms with E-state index in [1.54, 1.807) is 0 Å². The van der Waals surface area contributed by atoms with Gasteiger partial charge in [-0.05, 0) is 0 Å². The third-order valence-electron chi connectivity index (χ3n) is 0. The summed E-state index contributed by atoms with van der Waals surface area (Å²) in [7, 11) is -4.92. The van der Waals surface area contributed by atoms with Crippen LogP contribution in [0.4, 0.5) is 0 Å². The van der Waals surface area contributed by atoms with Crippen LogP contribution in [0.5, 0.6) is 0 Å². The first-order valence-electron chi connectivity index (χ1n) is 0.683. The molecule has 7 heteroatoms. The second-order valence-electron chi connectivity index (χ2n) is 0.428. The summed E-state index contributed by atoms with van der Waals surface area (Å²) in [5, 5.41) is 0. The molecule has 0 aromatic carbocycles. The SMILES string of the molecule is O.O=S(=O)([O-])O.[Pd]. The molecule has 0 rings (SSSR count). The quantitative estimate of drug-likeness (QED) is 0.295. The maximum absolute atomic E-state index is 8.63. The van der Waals surface area contributed by atoms with E-state index in [-0.39, 0.29) is 25.9 Å². The summed E-state index contributed by atoms with van der Waals surface area (Å²) in [6.45, 7) is 0. The van der Waals surface area contributed by atoms with Crippen molar-refractivity contribution in [3.05, 3.63) is 0 Å². The molecule has 0 radical (unpaired) electrons. The first-order valence-corrected chi connectivity index (χ1v) is 2.05. The van der Waals surface area contributed by atoms with Gasteiger partial charge in [0.25, 0.3) is 0 Å². The molecular formula is H3O5PdS-. The minimum atomic E-state index is -4.92. The zero-order valence-electron chi connectivity index (χ0n) is 2.90. The van der Waals surface area contributed by atoms with Gasteiger partial charge in [-0.2, -0.15) is 0 Å². The Labute approximate surface area is 54.3 Å². The molecular weight excluding hydrogens is 218 g/mol. The fraction of sp³-hybridized carbons (Fsp3) is 0. The van der Waals surface area contributed by atoms with Gasteiger partial charge in [0.2, 0.25) is 10.4 Å². The molecule has 50 valence electrons. The molecule has 7 heavy (non-hydrogen) atoms. The van der Waals surface area contributed by atoms with E-state index in [9.17, 15) is 0 Å². The molecule has 0 aromatic rings. The third kappa shape index (κ3) is 541. The molecule has 0 saturated carbocycles. The summed E-state index contributed by atoms with van der Waals surface area (Å²) in [6, 6.07) is 0. The van der Waals surface area contributed by atoms with Crippen LogP contribution in [0.2, 0.25) is 0 Å². The van der Waals surface area contributed by atoms with Crippen molar-refractivity contribution in [3.8, 4) is 0 Å². The average Bonchev–Trinajstić information content (AvgIpc) is 0.722. The molecule has 0 unspecified atom stereocenters. The van der Waals surface area contributed by atoms with Crippen LogP contribution in [0.25, 0.3) is 0 Å². The standard InChI is InChI=1S/H2O4S.H2O.Pd/c1-5(2,3)4;;/h(H2,1,2,3,4);1H2;/p-1. The van der Waals surface area contributed by atoms with E-state index in [0.29, 0.717) is 0 Å². The van der Waals surface area contributed by atoms with Crippen LogP contribution < -0.4 is 0 Å². The van der Waals surface area contributed by atoms with Crippen LogP contribution in [-0.2, 0) is 30.8 Å². The molecule has 0 aliphatic rings. The fourth-order valence-electron chi connectivity index (χ4n) is 0. The predicted molar refractivity (Wildman–Crippen MR) is 15.9 cm³/mol. The van der Waals surface area contributed by atoms with Crippen molar-refractivity contribution in [2.24, 2.45) is 0 Å². The summed E-state index contributed by atoms with van der Waals surface area (Å²) in [5.74, 6) is 0. The normalized spacial score (nSPS) is 8.29. The Bertz CT molecular complexity index is 91.2. The van der Waals surface area contributed by atoms with Crippen molar-refractivity contribution in [2.45, 2.75) is 0 Å². The van der Waals surface area contributed by atoms with E-state index in [1.807, 2.05) is 0 Å². The first-order chi connectivity index (χ1) is 2.00. The van der Waals surface area contributed by atoms with Gasteiger partial charge in [-0.15, -0.1) is 0 Å². The maximum Gasteiger partial charge on any atom is 0.215 e. The Kier molecular flexibility index (Phi) is 10.4. The minimum Gasteiger partial charge on any atom is -0.726 e. The van der Waals surface area contributed by atoms with Crippen LogP contribution in [0, 0.1) is 0 Å². The maximum atomic E-state index is 8.63. The zero-order chi connectivity index (χ0) is 4.50. The van der Waals surface area contributed by atoms with Gasteiger partial charge < -0.3 is 10.0 Å². The Morgan fingerprint density at radius 2 is 1.43 bits per heavy atom. The summed E-state index contributed by atoms with van der Waals surface area (Å²) in [4.78, 5) is 0. The fourth-order valence-corrected chi connectivity index (χ4v) is 0. The van der Waals surface area contributed by atoms with Crippen molar-refractivity contribution >= 4 is 10.4 Å². The van der Waals surface area contributed by atoms with Crippen molar-refractivity contribution in [1.82, 2.24) is 0 Å². The predicted octanol–water partition coefficient (Wildman–Crippen LogP) is -1.82. The van der Waals surface area contributed by atoms with Crippen molar-refractivity contribution in [2.75, 3.05) is 0 Å². The second kappa shape index (κ2) is 4.65. The molecule has 3 N–H and O–H groups in total. The average molecular weight is 222 g/mol. The number of hydrogen-bond donors (Lipinski definition) is 1. The van der Waals surface area contributed by atoms with E-state index >= 15 is 0 Å². The van der Waals surface area contributed by atoms with Crippen LogP contribution in [0.3, 0.4) is 0 Å². The third-order valence-corrected chi connectivity index (χ3v) is 0. The Morgan fingerprint density at radius 3 is 1.43 bits per heavy atom. The Balaban J connectivity index is -0.0000000800. The molecule has 0 aromatic heterocycles. The molecule has 0 atom stereocenters. The van der Waals surface area contributed by atoms with Gasteiger partial charge in [0.05, 0.1) is 0 Å². The van der Waals surface area contributed by atoms with Gasteiger partial charge in [-0.25, -0.2) is 8.42 Å². The molecule has 0 aliphatic heterocycles. The van der Waals surface area contributed by atoms with Gasteiger partial charge in [-0.1, -0.05) is 0 Å². The largest absolute Gasteiger partial charge is 0.726 e. The van der Waals surface area contributed by atoms with Gasteiger partial charge in [0, 0.05) is 20.4 Å². The molecule has 0 heterocycles. The van der Waals surface area contributed by atoms with Gasteiger partial charge in [0.15, 0.2) is 0 Å². The first kappa shape index (κ1) is 15.6. The molecule has 0 fully saturated rings. The molecule has 5 nitrogen and oxygen atoms in total. The monoisotopic (exact) mass is 221 g/mol. The summed E-state index contributed by atoms with van der Waals surface area (Å²) >= 11 is 0. The molecule has 0 bridgehead atoms. The molecule has 0 amide bonds. The zero-order valence-corrected chi connectivity index (χ0v) is 5.27. The van der Waals surface area contributed by atoms with Crippen LogP contribution in [0.15, 0.2) is 0 Å². The van der Waals surface area contributed by atoms with E-state index in [4.69, 9.17) is 17.5 Å². The van der Waals surface area contributed by atoms with Gasteiger partial charge in [0.1, 0.15) is 0 Å². The van der Waals surface area contributed by atoms with Crippen molar-refractivity contribution in [1.29, 1.82) is 0 Å². The van der Waals surface area contributed by atoms with E-state index in [0.717, 1.165) is 0 Å². The molecule has 0 spiro atoms. The molecule has 0 saturated heterocycles. The van der Waals surface area contributed by atoms with Gasteiger partial charge >= 0.3 is 0 Å². The van der Waals surface area contributed by atoms with E-state index < -0.39 is 10.4 Å². The number of hydrogen-bond acceptors (Lipinski definition) is 3. The van der Waals surface area contributed by atoms with E-state index in [1.165, 1.54) is 0 Å². The van der Waals surface area contributed by atoms with Crippen LogP contribution in [-0.4, -0.2) is 23.0 Å². The van der Waals surface area contributed by atoms with E-state index in [2.05, 4.69) is 0 Å². The minimum absolute atomic E-state index is 0. The van der Waals surface area contributed by atoms with Crippen LogP contribution in [0.1, 0.15) is 0 Å². The topological polar surface area (TPSA) is 109 Å². The second-order valence-corrected chi connectivity index (χ2v) is 1.28. The van der Waals surface area contributed by atoms with Crippen LogP contribution >= 0.6 is 0 Å². The number of rotatable bonds is 0. The summed E-state index contributed by atoms with van der Waals surface area (Å²) in [5.41, 5.74) is 0. The Morgan fingerprint density at radius 1 is 1.43 bits per heavy atom.